The first kappa shape index (κ1) is 17.2. The van der Waals surface area contributed by atoms with Crippen LogP contribution < -0.4 is 5.32 Å². The van der Waals surface area contributed by atoms with Gasteiger partial charge in [0.25, 0.3) is 5.91 Å². The highest BCUT2D eigenvalue weighted by molar-refractivity contribution is 7.20. The molecule has 6 nitrogen and oxygen atoms in total. The number of hydrogen-bond acceptors (Lipinski definition) is 6. The molecule has 0 aliphatic heterocycles. The molecule has 0 aliphatic rings. The second-order valence-corrected chi connectivity index (χ2v) is 6.46. The molecule has 0 spiro atoms. The zero-order valence-electron chi connectivity index (χ0n) is 13.3. The van der Waals surface area contributed by atoms with E-state index < -0.39 is 17.6 Å². The molecule has 2 heterocycles. The quantitative estimate of drug-likeness (QED) is 0.552. The predicted octanol–water partition coefficient (Wildman–Crippen LogP) is 4.62. The number of thiazole rings is 1. The Morgan fingerprint density at radius 2 is 1.78 bits per heavy atom. The summed E-state index contributed by atoms with van der Waals surface area (Å²) in [7, 11) is 0. The standard InChI is InChI=1S/C17H9F3N4O2S/c18-17(19,20)10-7-5-9(6-8-10)14-23-24-16(26-14)22-13(25)15-21-11-3-1-2-4-12(11)27-15/h1-8H,(H,22,24,25). The third kappa shape index (κ3) is 3.51. The molecule has 0 saturated carbocycles. The number of anilines is 1. The number of halogens is 3. The maximum atomic E-state index is 12.6. The van der Waals surface area contributed by atoms with Crippen LogP contribution in [0, 0.1) is 0 Å². The normalized spacial score (nSPS) is 11.7. The smallest absolute Gasteiger partial charge is 0.403 e. The number of carbonyl (C=O) groups is 1. The van der Waals surface area contributed by atoms with Crippen LogP contribution >= 0.6 is 11.3 Å². The Hall–Kier alpha value is -3.27. The first-order valence-electron chi connectivity index (χ1n) is 7.58. The summed E-state index contributed by atoms with van der Waals surface area (Å²) in [5.41, 5.74) is 0.217. The summed E-state index contributed by atoms with van der Waals surface area (Å²) >= 11 is 1.21. The summed E-state index contributed by atoms with van der Waals surface area (Å²) < 4.78 is 44.0. The summed E-state index contributed by atoms with van der Waals surface area (Å²) in [6.45, 7) is 0. The summed E-state index contributed by atoms with van der Waals surface area (Å²) in [5, 5.41) is 10.1. The van der Waals surface area contributed by atoms with Gasteiger partial charge in [0.2, 0.25) is 5.89 Å². The summed E-state index contributed by atoms with van der Waals surface area (Å²) in [5.74, 6) is -0.526. The maximum absolute atomic E-state index is 12.6. The first-order chi connectivity index (χ1) is 12.9. The van der Waals surface area contributed by atoms with Gasteiger partial charge in [0, 0.05) is 5.56 Å². The SMILES string of the molecule is O=C(Nc1nnc(-c2ccc(C(F)(F)F)cc2)o1)c1nc2ccccc2s1. The van der Waals surface area contributed by atoms with Crippen molar-refractivity contribution in [2.45, 2.75) is 6.18 Å². The van der Waals surface area contributed by atoms with Crippen LogP contribution in [0.2, 0.25) is 0 Å². The van der Waals surface area contributed by atoms with Crippen molar-refractivity contribution in [1.29, 1.82) is 0 Å². The topological polar surface area (TPSA) is 80.9 Å². The summed E-state index contributed by atoms with van der Waals surface area (Å²) in [4.78, 5) is 16.5. The van der Waals surface area contributed by atoms with Gasteiger partial charge in [0.05, 0.1) is 15.8 Å². The second-order valence-electron chi connectivity index (χ2n) is 5.43. The van der Waals surface area contributed by atoms with E-state index in [1.165, 1.54) is 23.5 Å². The van der Waals surface area contributed by atoms with Gasteiger partial charge < -0.3 is 4.42 Å². The number of fused-ring (bicyclic) bond motifs is 1. The molecule has 0 unspecified atom stereocenters. The molecule has 0 saturated heterocycles. The lowest BCUT2D eigenvalue weighted by Crippen LogP contribution is -2.11. The zero-order chi connectivity index (χ0) is 19.0. The van der Waals surface area contributed by atoms with Crippen molar-refractivity contribution in [3.05, 3.63) is 59.1 Å². The molecule has 1 amide bonds. The minimum atomic E-state index is -4.43. The average molecular weight is 390 g/mol. The predicted molar refractivity (Wildman–Crippen MR) is 92.3 cm³/mol. The van der Waals surface area contributed by atoms with Crippen LogP contribution in [0.5, 0.6) is 0 Å². The van der Waals surface area contributed by atoms with Gasteiger partial charge in [-0.1, -0.05) is 17.2 Å². The number of carbonyl (C=O) groups excluding carboxylic acids is 1. The van der Waals surface area contributed by atoms with Crippen LogP contribution in [0.1, 0.15) is 15.4 Å². The van der Waals surface area contributed by atoms with Crippen molar-refractivity contribution in [2.24, 2.45) is 0 Å². The van der Waals surface area contributed by atoms with E-state index in [2.05, 4.69) is 20.5 Å². The molecule has 0 radical (unpaired) electrons. The molecule has 0 aliphatic carbocycles. The van der Waals surface area contributed by atoms with Gasteiger partial charge in [-0.15, -0.1) is 16.4 Å². The van der Waals surface area contributed by atoms with Gasteiger partial charge in [0.15, 0.2) is 5.01 Å². The highest BCUT2D eigenvalue weighted by atomic mass is 32.1. The van der Waals surface area contributed by atoms with E-state index in [1.807, 2.05) is 18.2 Å². The Labute approximate surface area is 153 Å². The van der Waals surface area contributed by atoms with E-state index in [-0.39, 0.29) is 16.9 Å². The summed E-state index contributed by atoms with van der Waals surface area (Å²) in [6.07, 6.45) is -4.43. The summed E-state index contributed by atoms with van der Waals surface area (Å²) in [6, 6.07) is 11.4. The van der Waals surface area contributed by atoms with E-state index >= 15 is 0 Å². The van der Waals surface area contributed by atoms with Crippen molar-refractivity contribution in [3.63, 3.8) is 0 Å². The molecular formula is C17H9F3N4O2S. The number of nitrogens with one attached hydrogen (secondary N) is 1. The molecule has 4 rings (SSSR count). The van der Waals surface area contributed by atoms with Gasteiger partial charge >= 0.3 is 12.2 Å². The van der Waals surface area contributed by atoms with Crippen molar-refractivity contribution in [1.82, 2.24) is 15.2 Å². The van der Waals surface area contributed by atoms with Crippen LogP contribution in [0.25, 0.3) is 21.7 Å². The minimum Gasteiger partial charge on any atom is -0.403 e. The largest absolute Gasteiger partial charge is 0.416 e. The van der Waals surface area contributed by atoms with Crippen LogP contribution in [-0.4, -0.2) is 21.1 Å². The van der Waals surface area contributed by atoms with Crippen molar-refractivity contribution >= 4 is 33.5 Å². The third-order valence-electron chi connectivity index (χ3n) is 3.59. The average Bonchev–Trinajstić information content (AvgIpc) is 3.28. The number of benzene rings is 2. The molecule has 1 N–H and O–H groups in total. The highest BCUT2D eigenvalue weighted by Crippen LogP contribution is 2.31. The maximum Gasteiger partial charge on any atom is 0.416 e. The Bertz CT molecular complexity index is 1090. The fourth-order valence-electron chi connectivity index (χ4n) is 2.31. The van der Waals surface area contributed by atoms with Gasteiger partial charge in [0.1, 0.15) is 0 Å². The number of alkyl halides is 3. The number of aromatic nitrogens is 3. The fraction of sp³-hybridized carbons (Fsp3) is 0.0588. The molecule has 4 aromatic rings. The molecule has 0 atom stereocenters. The first-order valence-corrected chi connectivity index (χ1v) is 8.40. The third-order valence-corrected chi connectivity index (χ3v) is 4.63. The van der Waals surface area contributed by atoms with Gasteiger partial charge in [-0.2, -0.15) is 13.2 Å². The number of hydrogen-bond donors (Lipinski definition) is 1. The molecular weight excluding hydrogens is 381 g/mol. The zero-order valence-corrected chi connectivity index (χ0v) is 14.1. The lowest BCUT2D eigenvalue weighted by Gasteiger charge is -2.05. The fourth-order valence-corrected chi connectivity index (χ4v) is 3.17. The van der Waals surface area contributed by atoms with Gasteiger partial charge in [-0.3, -0.25) is 10.1 Å². The Balaban J connectivity index is 1.51. The van der Waals surface area contributed by atoms with Crippen LogP contribution in [0.4, 0.5) is 19.2 Å². The lowest BCUT2D eigenvalue weighted by atomic mass is 10.1. The van der Waals surface area contributed by atoms with Crippen molar-refractivity contribution in [2.75, 3.05) is 5.32 Å². The second kappa shape index (κ2) is 6.47. The number of amides is 1. The molecule has 2 aromatic heterocycles. The highest BCUT2D eigenvalue weighted by Gasteiger charge is 2.30. The van der Waals surface area contributed by atoms with E-state index in [0.717, 1.165) is 16.8 Å². The van der Waals surface area contributed by atoms with Crippen molar-refractivity contribution in [3.8, 4) is 11.5 Å². The molecule has 10 heteroatoms. The Morgan fingerprint density at radius 3 is 2.48 bits per heavy atom. The van der Waals surface area contributed by atoms with Crippen LogP contribution in [0.3, 0.4) is 0 Å². The number of para-hydroxylation sites is 1. The lowest BCUT2D eigenvalue weighted by molar-refractivity contribution is -0.137. The molecule has 2 aromatic carbocycles. The molecule has 0 bridgehead atoms. The van der Waals surface area contributed by atoms with E-state index in [1.54, 1.807) is 6.07 Å². The van der Waals surface area contributed by atoms with E-state index in [9.17, 15) is 18.0 Å². The molecule has 0 fully saturated rings. The number of rotatable bonds is 3. The monoisotopic (exact) mass is 390 g/mol. The van der Waals surface area contributed by atoms with Crippen molar-refractivity contribution < 1.29 is 22.4 Å². The van der Waals surface area contributed by atoms with Gasteiger partial charge in [-0.05, 0) is 36.4 Å². The van der Waals surface area contributed by atoms with E-state index in [0.29, 0.717) is 11.1 Å². The number of nitrogens with zero attached hydrogens (tertiary/aromatic N) is 3. The Kier molecular flexibility index (Phi) is 4.11. The van der Waals surface area contributed by atoms with Crippen LogP contribution in [-0.2, 0) is 6.18 Å². The minimum absolute atomic E-state index is 0.0108. The molecule has 27 heavy (non-hydrogen) atoms. The van der Waals surface area contributed by atoms with E-state index in [4.69, 9.17) is 4.42 Å². The van der Waals surface area contributed by atoms with Gasteiger partial charge in [-0.25, -0.2) is 4.98 Å². The Morgan fingerprint density at radius 1 is 1.04 bits per heavy atom. The molecule has 136 valence electrons. The van der Waals surface area contributed by atoms with Crippen LogP contribution in [0.15, 0.2) is 52.9 Å².